The lowest BCUT2D eigenvalue weighted by Crippen LogP contribution is -2.36. The van der Waals surface area contributed by atoms with E-state index in [-0.39, 0.29) is 12.0 Å². The number of nitrogens with zero attached hydrogens (tertiary/aromatic N) is 2. The summed E-state index contributed by atoms with van der Waals surface area (Å²) in [6.45, 7) is 5.83. The average Bonchev–Trinajstić information content (AvgIpc) is 2.92. The zero-order valence-electron chi connectivity index (χ0n) is 13.3. The molecule has 0 bridgehead atoms. The standard InChI is InChI=1S/C16H29N3O2/c1-2-14-12-15(21-18-14)13-17-16(20)8-11-19-9-6-4-3-5-7-10-19/h15H,2-13H2,1H3,(H,17,20)/t15-/m0/s1. The van der Waals surface area contributed by atoms with E-state index < -0.39 is 0 Å². The van der Waals surface area contributed by atoms with Crippen LogP contribution in [0, 0.1) is 0 Å². The Balaban J connectivity index is 1.57. The molecule has 1 N–H and O–H groups in total. The van der Waals surface area contributed by atoms with Crippen molar-refractivity contribution in [3.05, 3.63) is 0 Å². The van der Waals surface area contributed by atoms with E-state index in [4.69, 9.17) is 4.84 Å². The Bertz CT molecular complexity index is 349. The van der Waals surface area contributed by atoms with Crippen molar-refractivity contribution in [1.82, 2.24) is 10.2 Å². The van der Waals surface area contributed by atoms with Gasteiger partial charge in [0.25, 0.3) is 0 Å². The van der Waals surface area contributed by atoms with E-state index in [0.717, 1.165) is 38.2 Å². The minimum atomic E-state index is 0.0330. The lowest BCUT2D eigenvalue weighted by atomic mass is 10.1. The first-order valence-corrected chi connectivity index (χ1v) is 8.48. The predicted octanol–water partition coefficient (Wildman–Crippen LogP) is 2.31. The Labute approximate surface area is 128 Å². The molecule has 0 aliphatic carbocycles. The molecule has 0 aromatic heterocycles. The van der Waals surface area contributed by atoms with Crippen molar-refractivity contribution in [3.63, 3.8) is 0 Å². The Morgan fingerprint density at radius 3 is 2.67 bits per heavy atom. The van der Waals surface area contributed by atoms with Crippen molar-refractivity contribution < 1.29 is 9.63 Å². The molecule has 0 unspecified atom stereocenters. The van der Waals surface area contributed by atoms with Gasteiger partial charge in [0.2, 0.25) is 5.91 Å². The first kappa shape index (κ1) is 16.3. The molecule has 1 fully saturated rings. The van der Waals surface area contributed by atoms with Crippen LogP contribution < -0.4 is 5.32 Å². The molecule has 120 valence electrons. The molecule has 5 nitrogen and oxygen atoms in total. The molecule has 0 radical (unpaired) electrons. The minimum absolute atomic E-state index is 0.0330. The van der Waals surface area contributed by atoms with Gasteiger partial charge in [-0.05, 0) is 32.4 Å². The number of nitrogens with one attached hydrogen (secondary N) is 1. The van der Waals surface area contributed by atoms with Gasteiger partial charge < -0.3 is 15.1 Å². The molecule has 0 spiro atoms. The van der Waals surface area contributed by atoms with Gasteiger partial charge in [-0.25, -0.2) is 0 Å². The molecule has 2 aliphatic rings. The Kier molecular flexibility index (Phi) is 7.00. The lowest BCUT2D eigenvalue weighted by molar-refractivity contribution is -0.122. The van der Waals surface area contributed by atoms with Gasteiger partial charge in [-0.3, -0.25) is 4.79 Å². The number of oxime groups is 1. The van der Waals surface area contributed by atoms with Crippen LogP contribution in [-0.4, -0.2) is 48.8 Å². The Morgan fingerprint density at radius 2 is 2.00 bits per heavy atom. The summed E-state index contributed by atoms with van der Waals surface area (Å²) in [5.41, 5.74) is 1.09. The van der Waals surface area contributed by atoms with Crippen LogP contribution in [0.5, 0.6) is 0 Å². The lowest BCUT2D eigenvalue weighted by Gasteiger charge is -2.24. The van der Waals surface area contributed by atoms with Crippen LogP contribution in [0.15, 0.2) is 5.16 Å². The van der Waals surface area contributed by atoms with E-state index in [2.05, 4.69) is 22.3 Å². The highest BCUT2D eigenvalue weighted by Gasteiger charge is 2.20. The van der Waals surface area contributed by atoms with E-state index in [1.165, 1.54) is 32.1 Å². The summed E-state index contributed by atoms with van der Waals surface area (Å²) >= 11 is 0. The third kappa shape index (κ3) is 6.04. The van der Waals surface area contributed by atoms with Crippen molar-refractivity contribution >= 4 is 11.6 Å². The number of likely N-dealkylation sites (tertiary alicyclic amines) is 1. The van der Waals surface area contributed by atoms with Gasteiger partial charge in [-0.1, -0.05) is 31.3 Å². The minimum Gasteiger partial charge on any atom is -0.390 e. The molecule has 1 saturated heterocycles. The number of hydrogen-bond acceptors (Lipinski definition) is 4. The third-order valence-electron chi connectivity index (χ3n) is 4.33. The van der Waals surface area contributed by atoms with Crippen LogP contribution >= 0.6 is 0 Å². The van der Waals surface area contributed by atoms with Gasteiger partial charge in [0.1, 0.15) is 6.10 Å². The molecular formula is C16H29N3O2. The highest BCUT2D eigenvalue weighted by molar-refractivity contribution is 5.85. The normalized spacial score (nSPS) is 23.9. The summed E-state index contributed by atoms with van der Waals surface area (Å²) in [4.78, 5) is 19.6. The topological polar surface area (TPSA) is 53.9 Å². The molecule has 2 rings (SSSR count). The molecule has 0 aromatic carbocycles. The summed E-state index contributed by atoms with van der Waals surface area (Å²) in [5, 5.41) is 6.98. The molecule has 2 heterocycles. The maximum atomic E-state index is 11.9. The molecule has 1 amide bonds. The van der Waals surface area contributed by atoms with Crippen LogP contribution in [0.1, 0.15) is 58.3 Å². The SMILES string of the molecule is CCC1=NO[C@H](CNC(=O)CCN2CCCCCCC2)C1. The number of amides is 1. The van der Waals surface area contributed by atoms with Crippen molar-refractivity contribution in [1.29, 1.82) is 0 Å². The van der Waals surface area contributed by atoms with E-state index in [1.807, 2.05) is 0 Å². The number of rotatable bonds is 6. The van der Waals surface area contributed by atoms with Crippen molar-refractivity contribution in [2.75, 3.05) is 26.2 Å². The van der Waals surface area contributed by atoms with Crippen LogP contribution in [0.2, 0.25) is 0 Å². The molecule has 21 heavy (non-hydrogen) atoms. The quantitative estimate of drug-likeness (QED) is 0.818. The third-order valence-corrected chi connectivity index (χ3v) is 4.33. The van der Waals surface area contributed by atoms with Crippen LogP contribution in [-0.2, 0) is 9.63 Å². The van der Waals surface area contributed by atoms with E-state index in [0.29, 0.717) is 13.0 Å². The largest absolute Gasteiger partial charge is 0.390 e. The summed E-state index contributed by atoms with van der Waals surface area (Å²) in [6, 6.07) is 0. The number of carbonyl (C=O) groups excluding carboxylic acids is 1. The predicted molar refractivity (Wildman–Crippen MR) is 84.4 cm³/mol. The van der Waals surface area contributed by atoms with Gasteiger partial charge in [0.15, 0.2) is 0 Å². The fourth-order valence-corrected chi connectivity index (χ4v) is 2.92. The zero-order valence-corrected chi connectivity index (χ0v) is 13.3. The fourth-order valence-electron chi connectivity index (χ4n) is 2.92. The van der Waals surface area contributed by atoms with Crippen molar-refractivity contribution in [2.24, 2.45) is 5.16 Å². The van der Waals surface area contributed by atoms with E-state index in [1.54, 1.807) is 0 Å². The van der Waals surface area contributed by atoms with E-state index >= 15 is 0 Å². The van der Waals surface area contributed by atoms with Gasteiger partial charge in [-0.15, -0.1) is 0 Å². The Morgan fingerprint density at radius 1 is 1.29 bits per heavy atom. The molecule has 2 aliphatic heterocycles. The highest BCUT2D eigenvalue weighted by atomic mass is 16.6. The van der Waals surface area contributed by atoms with Gasteiger partial charge >= 0.3 is 0 Å². The van der Waals surface area contributed by atoms with Gasteiger partial charge in [0.05, 0.1) is 12.3 Å². The number of hydrogen-bond donors (Lipinski definition) is 1. The van der Waals surface area contributed by atoms with Gasteiger partial charge in [0, 0.05) is 19.4 Å². The second-order valence-electron chi connectivity index (χ2n) is 6.11. The van der Waals surface area contributed by atoms with Crippen LogP contribution in [0.3, 0.4) is 0 Å². The summed E-state index contributed by atoms with van der Waals surface area (Å²) in [6.07, 6.45) is 8.99. The summed E-state index contributed by atoms with van der Waals surface area (Å²) in [7, 11) is 0. The first-order chi connectivity index (χ1) is 10.3. The van der Waals surface area contributed by atoms with E-state index in [9.17, 15) is 4.79 Å². The molecular weight excluding hydrogens is 266 g/mol. The van der Waals surface area contributed by atoms with Crippen LogP contribution in [0.25, 0.3) is 0 Å². The first-order valence-electron chi connectivity index (χ1n) is 8.48. The monoisotopic (exact) mass is 295 g/mol. The van der Waals surface area contributed by atoms with Crippen LogP contribution in [0.4, 0.5) is 0 Å². The second-order valence-corrected chi connectivity index (χ2v) is 6.11. The van der Waals surface area contributed by atoms with Crippen molar-refractivity contribution in [2.45, 2.75) is 64.4 Å². The average molecular weight is 295 g/mol. The maximum Gasteiger partial charge on any atom is 0.221 e. The molecule has 1 atom stereocenters. The summed E-state index contributed by atoms with van der Waals surface area (Å²) < 4.78 is 0. The molecule has 0 aromatic rings. The number of carbonyl (C=O) groups is 1. The Hall–Kier alpha value is -1.10. The fraction of sp³-hybridized carbons (Fsp3) is 0.875. The zero-order chi connectivity index (χ0) is 14.9. The highest BCUT2D eigenvalue weighted by Crippen LogP contribution is 2.12. The summed E-state index contributed by atoms with van der Waals surface area (Å²) in [5.74, 6) is 0.130. The molecule has 5 heteroatoms. The second kappa shape index (κ2) is 9.03. The molecule has 0 saturated carbocycles. The maximum absolute atomic E-state index is 11.9. The smallest absolute Gasteiger partial charge is 0.221 e. The van der Waals surface area contributed by atoms with Gasteiger partial charge in [-0.2, -0.15) is 0 Å². The van der Waals surface area contributed by atoms with Crippen molar-refractivity contribution in [3.8, 4) is 0 Å².